The lowest BCUT2D eigenvalue weighted by Crippen LogP contribution is -2.05. The number of fused-ring (bicyclic) bond motifs is 1. The minimum Gasteiger partial charge on any atom is -0.494 e. The number of H-pyrrole nitrogens is 1. The van der Waals surface area contributed by atoms with E-state index in [1.807, 2.05) is 50.2 Å². The maximum Gasteiger partial charge on any atom is 0.130 e. The third kappa shape index (κ3) is 4.59. The van der Waals surface area contributed by atoms with E-state index in [0.29, 0.717) is 12.4 Å². The van der Waals surface area contributed by atoms with E-state index in [4.69, 9.17) is 14.5 Å². The normalized spacial score (nSPS) is 12.2. The second-order valence-corrected chi connectivity index (χ2v) is 7.74. The van der Waals surface area contributed by atoms with Gasteiger partial charge in [-0.1, -0.05) is 13.0 Å². The highest BCUT2D eigenvalue weighted by atomic mass is 19.1. The molecule has 0 spiro atoms. The van der Waals surface area contributed by atoms with Crippen LogP contribution in [0.1, 0.15) is 48.7 Å². The number of hydrogen-bond donors (Lipinski definition) is 1. The number of benzene rings is 3. The molecule has 0 bridgehead atoms. The quantitative estimate of drug-likeness (QED) is 0.336. The van der Waals surface area contributed by atoms with Gasteiger partial charge in [-0.15, -0.1) is 0 Å². The highest BCUT2D eigenvalue weighted by Gasteiger charge is 2.19. The number of nitrogens with one attached hydrogen (secondary N) is 1. The molecule has 0 fully saturated rings. The van der Waals surface area contributed by atoms with Gasteiger partial charge < -0.3 is 14.5 Å². The molecule has 0 aliphatic carbocycles. The van der Waals surface area contributed by atoms with Crippen molar-refractivity contribution in [3.05, 3.63) is 88.7 Å². The van der Waals surface area contributed by atoms with Crippen molar-refractivity contribution in [2.75, 3.05) is 6.61 Å². The monoisotopic (exact) mass is 436 g/mol. The van der Waals surface area contributed by atoms with E-state index in [-0.39, 0.29) is 18.1 Å². The Morgan fingerprint density at radius 3 is 2.47 bits per heavy atom. The van der Waals surface area contributed by atoms with Crippen molar-refractivity contribution in [1.82, 2.24) is 9.97 Å². The molecule has 3 aromatic carbocycles. The van der Waals surface area contributed by atoms with Gasteiger partial charge >= 0.3 is 0 Å². The van der Waals surface area contributed by atoms with Crippen molar-refractivity contribution in [3.8, 4) is 11.5 Å². The van der Waals surface area contributed by atoms with E-state index in [9.17, 15) is 8.78 Å². The fourth-order valence-corrected chi connectivity index (χ4v) is 3.93. The largest absolute Gasteiger partial charge is 0.494 e. The first kappa shape index (κ1) is 21.8. The van der Waals surface area contributed by atoms with Gasteiger partial charge in [0.15, 0.2) is 0 Å². The molecule has 0 radical (unpaired) electrons. The van der Waals surface area contributed by atoms with Crippen LogP contribution in [0.25, 0.3) is 11.0 Å². The summed E-state index contributed by atoms with van der Waals surface area (Å²) in [4.78, 5) is 8.24. The predicted molar refractivity (Wildman–Crippen MR) is 121 cm³/mol. The van der Waals surface area contributed by atoms with E-state index in [0.717, 1.165) is 58.4 Å². The Kier molecular flexibility index (Phi) is 6.40. The zero-order valence-corrected chi connectivity index (χ0v) is 18.4. The number of ether oxygens (including phenoxy) is 2. The summed E-state index contributed by atoms with van der Waals surface area (Å²) < 4.78 is 38.5. The maximum absolute atomic E-state index is 13.8. The zero-order valence-electron chi connectivity index (χ0n) is 18.4. The van der Waals surface area contributed by atoms with E-state index in [2.05, 4.69) is 11.9 Å². The lowest BCUT2D eigenvalue weighted by molar-refractivity contribution is 0.298. The van der Waals surface area contributed by atoms with Gasteiger partial charge in [0, 0.05) is 17.5 Å². The molecule has 1 N–H and O–H groups in total. The Balaban J connectivity index is 1.55. The van der Waals surface area contributed by atoms with Gasteiger partial charge in [-0.3, -0.25) is 0 Å². The topological polar surface area (TPSA) is 47.1 Å². The smallest absolute Gasteiger partial charge is 0.130 e. The highest BCUT2D eigenvalue weighted by Crippen LogP contribution is 2.32. The van der Waals surface area contributed by atoms with Crippen LogP contribution in [0.3, 0.4) is 0 Å². The van der Waals surface area contributed by atoms with Crippen molar-refractivity contribution in [2.45, 2.75) is 39.7 Å². The van der Waals surface area contributed by atoms with Gasteiger partial charge in [-0.2, -0.15) is 0 Å². The molecule has 4 nitrogen and oxygen atoms in total. The molecule has 6 heteroatoms. The van der Waals surface area contributed by atoms with Crippen LogP contribution in [0.15, 0.2) is 54.6 Å². The average molecular weight is 437 g/mol. The number of halogens is 2. The number of rotatable bonds is 8. The van der Waals surface area contributed by atoms with Crippen LogP contribution in [0.2, 0.25) is 0 Å². The van der Waals surface area contributed by atoms with Crippen molar-refractivity contribution >= 4 is 11.0 Å². The molecule has 166 valence electrons. The molecule has 0 aliphatic heterocycles. The molecule has 0 aliphatic rings. The van der Waals surface area contributed by atoms with Gasteiger partial charge in [0.25, 0.3) is 0 Å². The Labute approximate surface area is 186 Å². The lowest BCUT2D eigenvalue weighted by Gasteiger charge is -2.17. The van der Waals surface area contributed by atoms with Crippen LogP contribution >= 0.6 is 0 Å². The molecule has 32 heavy (non-hydrogen) atoms. The summed E-state index contributed by atoms with van der Waals surface area (Å²) >= 11 is 0. The first-order valence-electron chi connectivity index (χ1n) is 10.8. The first-order valence-corrected chi connectivity index (χ1v) is 10.8. The fourth-order valence-electron chi connectivity index (χ4n) is 3.93. The molecule has 4 aromatic rings. The van der Waals surface area contributed by atoms with Crippen LogP contribution in [0, 0.1) is 18.6 Å². The molecule has 1 unspecified atom stereocenters. The van der Waals surface area contributed by atoms with Gasteiger partial charge in [0.2, 0.25) is 0 Å². The van der Waals surface area contributed by atoms with Crippen LogP contribution in [0.4, 0.5) is 8.78 Å². The van der Waals surface area contributed by atoms with Crippen molar-refractivity contribution < 1.29 is 18.3 Å². The average Bonchev–Trinajstić information content (AvgIpc) is 3.19. The Morgan fingerprint density at radius 2 is 1.72 bits per heavy atom. The minimum atomic E-state index is -0.485. The van der Waals surface area contributed by atoms with Crippen LogP contribution in [-0.2, 0) is 6.61 Å². The molecule has 0 saturated heterocycles. The van der Waals surface area contributed by atoms with Gasteiger partial charge in [0.05, 0.1) is 17.6 Å². The Hall–Kier alpha value is -3.41. The Morgan fingerprint density at radius 1 is 0.938 bits per heavy atom. The van der Waals surface area contributed by atoms with E-state index in [1.54, 1.807) is 0 Å². The van der Waals surface area contributed by atoms with Gasteiger partial charge in [-0.05, 0) is 73.9 Å². The summed E-state index contributed by atoms with van der Waals surface area (Å²) in [7, 11) is 0. The third-order valence-electron chi connectivity index (χ3n) is 5.54. The summed E-state index contributed by atoms with van der Waals surface area (Å²) in [6.07, 6.45) is 0.869. The molecule has 4 rings (SSSR count). The number of aromatic amines is 1. The second-order valence-electron chi connectivity index (χ2n) is 7.74. The van der Waals surface area contributed by atoms with E-state index in [1.165, 1.54) is 0 Å². The van der Waals surface area contributed by atoms with Crippen molar-refractivity contribution in [2.24, 2.45) is 0 Å². The Bertz CT molecular complexity index is 1240. The number of aryl methyl sites for hydroxylation is 1. The van der Waals surface area contributed by atoms with Gasteiger partial charge in [-0.25, -0.2) is 13.8 Å². The molecule has 1 aromatic heterocycles. The lowest BCUT2D eigenvalue weighted by atomic mass is 9.92. The zero-order chi connectivity index (χ0) is 22.7. The van der Waals surface area contributed by atoms with Crippen molar-refractivity contribution in [3.63, 3.8) is 0 Å². The van der Waals surface area contributed by atoms with Crippen LogP contribution in [0.5, 0.6) is 11.5 Å². The summed E-state index contributed by atoms with van der Waals surface area (Å²) in [5.74, 6) is 1.44. The second kappa shape index (κ2) is 9.39. The third-order valence-corrected chi connectivity index (χ3v) is 5.54. The molecule has 1 atom stereocenters. The number of hydrogen-bond acceptors (Lipinski definition) is 3. The van der Waals surface area contributed by atoms with Crippen LogP contribution in [-0.4, -0.2) is 16.6 Å². The summed E-state index contributed by atoms with van der Waals surface area (Å²) in [5.41, 5.74) is 4.22. The first-order chi connectivity index (χ1) is 15.5. The fraction of sp³-hybridized carbons (Fsp3) is 0.269. The highest BCUT2D eigenvalue weighted by molar-refractivity contribution is 5.77. The molecular weight excluding hydrogens is 410 g/mol. The maximum atomic E-state index is 13.8. The molecule has 0 saturated carbocycles. The number of imidazole rings is 1. The SMILES string of the molecule is CCOc1ccc2nc(C(CC)c3ccc(OCc4cc(F)ccc4F)cc3C)[nH]c2c1. The van der Waals surface area contributed by atoms with Crippen molar-refractivity contribution in [1.29, 1.82) is 0 Å². The van der Waals surface area contributed by atoms with E-state index >= 15 is 0 Å². The van der Waals surface area contributed by atoms with Crippen LogP contribution < -0.4 is 9.47 Å². The number of aromatic nitrogens is 2. The standard InChI is InChI=1S/C26H26F2N2O2/c1-4-21(26-29-24-11-8-20(31-5-2)14-25(24)30-26)22-9-7-19(12-16(22)3)32-15-17-13-18(27)6-10-23(17)28/h6-14,21H,4-5,15H2,1-3H3,(H,29,30). The molecule has 1 heterocycles. The number of nitrogens with zero attached hydrogens (tertiary/aromatic N) is 1. The summed E-state index contributed by atoms with van der Waals surface area (Å²) in [5, 5.41) is 0. The molecular formula is C26H26F2N2O2. The summed E-state index contributed by atoms with van der Waals surface area (Å²) in [6, 6.07) is 15.0. The van der Waals surface area contributed by atoms with E-state index < -0.39 is 11.6 Å². The predicted octanol–water partition coefficient (Wildman–Crippen LogP) is 6.67. The molecule has 0 amide bonds. The summed E-state index contributed by atoms with van der Waals surface area (Å²) in [6.45, 7) is 6.68. The minimum absolute atomic E-state index is 0.0364. The van der Waals surface area contributed by atoms with Gasteiger partial charge in [0.1, 0.15) is 35.6 Å².